The first-order valence-corrected chi connectivity index (χ1v) is 9.90. The molecule has 1 heterocycles. The van der Waals surface area contributed by atoms with E-state index in [2.05, 4.69) is 10.0 Å². The lowest BCUT2D eigenvalue weighted by Crippen LogP contribution is -2.47. The lowest BCUT2D eigenvalue weighted by molar-refractivity contribution is 0.0577. The van der Waals surface area contributed by atoms with Gasteiger partial charge in [-0.3, -0.25) is 0 Å². The number of methoxy groups -OCH3 is 2. The van der Waals surface area contributed by atoms with E-state index in [9.17, 15) is 13.2 Å². The van der Waals surface area contributed by atoms with Crippen LogP contribution >= 0.6 is 0 Å². The topological polar surface area (TPSA) is 93.7 Å². The Bertz CT molecular complexity index is 679. The van der Waals surface area contributed by atoms with Crippen LogP contribution in [-0.2, 0) is 25.2 Å². The van der Waals surface area contributed by atoms with Crippen molar-refractivity contribution in [2.45, 2.75) is 18.6 Å². The first kappa shape index (κ1) is 19.8. The first-order valence-electron chi connectivity index (χ1n) is 8.25. The van der Waals surface area contributed by atoms with Gasteiger partial charge in [-0.05, 0) is 37.6 Å². The zero-order valence-corrected chi connectivity index (χ0v) is 15.5. The number of ether oxygens (including phenoxy) is 2. The second-order valence-corrected chi connectivity index (χ2v) is 8.22. The molecular weight excluding hydrogens is 344 g/mol. The van der Waals surface area contributed by atoms with Gasteiger partial charge in [-0.1, -0.05) is 18.2 Å². The molecule has 0 radical (unpaired) electrons. The summed E-state index contributed by atoms with van der Waals surface area (Å²) in [5, 5.41) is 3.28. The van der Waals surface area contributed by atoms with Crippen molar-refractivity contribution in [1.82, 2.24) is 10.0 Å². The van der Waals surface area contributed by atoms with E-state index in [0.29, 0.717) is 18.7 Å². The highest BCUT2D eigenvalue weighted by molar-refractivity contribution is 7.88. The van der Waals surface area contributed by atoms with Gasteiger partial charge in [0.1, 0.15) is 0 Å². The largest absolute Gasteiger partial charge is 0.465 e. The van der Waals surface area contributed by atoms with Gasteiger partial charge in [0.25, 0.3) is 0 Å². The molecule has 2 rings (SSSR count). The summed E-state index contributed by atoms with van der Waals surface area (Å²) in [5.41, 5.74) is 0.492. The third-order valence-corrected chi connectivity index (χ3v) is 5.83. The number of rotatable bonds is 8. The maximum atomic E-state index is 12.5. The van der Waals surface area contributed by atoms with E-state index in [0.717, 1.165) is 25.9 Å². The van der Waals surface area contributed by atoms with Crippen LogP contribution < -0.4 is 10.0 Å². The fourth-order valence-electron chi connectivity index (χ4n) is 3.11. The maximum absolute atomic E-state index is 12.5. The van der Waals surface area contributed by atoms with Crippen LogP contribution in [0.1, 0.15) is 28.8 Å². The molecule has 1 saturated heterocycles. The zero-order chi connectivity index (χ0) is 18.3. The van der Waals surface area contributed by atoms with Gasteiger partial charge in [-0.2, -0.15) is 0 Å². The Morgan fingerprint density at radius 3 is 2.56 bits per heavy atom. The third-order valence-electron chi connectivity index (χ3n) is 4.55. The lowest BCUT2D eigenvalue weighted by atomic mass is 9.80. The van der Waals surface area contributed by atoms with E-state index in [-0.39, 0.29) is 16.7 Å². The Hall–Kier alpha value is -1.48. The van der Waals surface area contributed by atoms with Crippen LogP contribution in [0.2, 0.25) is 0 Å². The number of carbonyl (C=O) groups excluding carboxylic acids is 1. The number of hydrogen-bond donors (Lipinski definition) is 2. The van der Waals surface area contributed by atoms with E-state index in [4.69, 9.17) is 9.47 Å². The fourth-order valence-corrected chi connectivity index (χ4v) is 4.40. The van der Waals surface area contributed by atoms with Gasteiger partial charge in [0.05, 0.1) is 25.0 Å². The molecule has 1 aromatic rings. The van der Waals surface area contributed by atoms with Crippen LogP contribution in [0.25, 0.3) is 0 Å². The van der Waals surface area contributed by atoms with Crippen LogP contribution in [0, 0.1) is 5.41 Å². The summed E-state index contributed by atoms with van der Waals surface area (Å²) in [6.07, 6.45) is 1.70. The average Bonchev–Trinajstić information content (AvgIpc) is 2.61. The highest BCUT2D eigenvalue weighted by atomic mass is 32.2. The molecular formula is C17H26N2O5S. The van der Waals surface area contributed by atoms with Gasteiger partial charge < -0.3 is 14.8 Å². The minimum Gasteiger partial charge on any atom is -0.465 e. The minimum absolute atomic E-state index is 0.199. The van der Waals surface area contributed by atoms with Crippen LogP contribution in [0.3, 0.4) is 0 Å². The summed E-state index contributed by atoms with van der Waals surface area (Å²) in [6, 6.07) is 6.58. The second kappa shape index (κ2) is 8.75. The van der Waals surface area contributed by atoms with Crippen molar-refractivity contribution in [2.24, 2.45) is 5.41 Å². The molecule has 140 valence electrons. The van der Waals surface area contributed by atoms with E-state index in [1.807, 2.05) is 0 Å². The summed E-state index contributed by atoms with van der Waals surface area (Å²) in [5.74, 6) is -0.806. The third kappa shape index (κ3) is 5.50. The first-order chi connectivity index (χ1) is 11.9. The van der Waals surface area contributed by atoms with Gasteiger partial charge in [-0.15, -0.1) is 0 Å². The van der Waals surface area contributed by atoms with Crippen molar-refractivity contribution in [3.8, 4) is 0 Å². The molecule has 1 aliphatic rings. The van der Waals surface area contributed by atoms with Crippen LogP contribution in [0.4, 0.5) is 0 Å². The van der Waals surface area contributed by atoms with E-state index >= 15 is 0 Å². The minimum atomic E-state index is -3.59. The summed E-state index contributed by atoms with van der Waals surface area (Å²) < 4.78 is 37.8. The second-order valence-electron chi connectivity index (χ2n) is 6.41. The molecule has 0 unspecified atom stereocenters. The van der Waals surface area contributed by atoms with E-state index in [1.165, 1.54) is 7.11 Å². The summed E-state index contributed by atoms with van der Waals surface area (Å²) in [7, 11) is -0.683. The Balaban J connectivity index is 2.08. The number of nitrogens with one attached hydrogen (secondary N) is 2. The smallest absolute Gasteiger partial charge is 0.338 e. The number of benzene rings is 1. The van der Waals surface area contributed by atoms with Crippen LogP contribution in [-0.4, -0.2) is 54.8 Å². The molecule has 2 N–H and O–H groups in total. The summed E-state index contributed by atoms with van der Waals surface area (Å²) >= 11 is 0. The molecule has 25 heavy (non-hydrogen) atoms. The molecule has 0 aromatic heterocycles. The average molecular weight is 370 g/mol. The van der Waals surface area contributed by atoms with Gasteiger partial charge in [0, 0.05) is 19.1 Å². The lowest BCUT2D eigenvalue weighted by Gasteiger charge is -2.37. The van der Waals surface area contributed by atoms with Crippen LogP contribution in [0.5, 0.6) is 0 Å². The Morgan fingerprint density at radius 1 is 1.24 bits per heavy atom. The van der Waals surface area contributed by atoms with Crippen molar-refractivity contribution < 1.29 is 22.7 Å². The van der Waals surface area contributed by atoms with Crippen molar-refractivity contribution in [3.63, 3.8) is 0 Å². The Labute approximate surface area is 149 Å². The van der Waals surface area contributed by atoms with Gasteiger partial charge in [0.15, 0.2) is 0 Å². The molecule has 0 atom stereocenters. The number of carbonyl (C=O) groups is 1. The molecule has 1 aliphatic heterocycles. The molecule has 0 bridgehead atoms. The normalized spacial score (nSPS) is 17.2. The maximum Gasteiger partial charge on any atom is 0.338 e. The van der Waals surface area contributed by atoms with Crippen molar-refractivity contribution >= 4 is 16.0 Å². The standard InChI is InChI=1S/C17H26N2O5S/c1-23-13-17(7-9-18-10-8-17)12-19-25(21,22)11-14-5-3-4-6-15(14)16(20)24-2/h3-6,18-19H,7-13H2,1-2H3. The molecule has 7 nitrogen and oxygen atoms in total. The molecule has 0 saturated carbocycles. The molecule has 0 spiro atoms. The predicted molar refractivity (Wildman–Crippen MR) is 94.8 cm³/mol. The predicted octanol–water partition coefficient (Wildman–Crippen LogP) is 0.909. The number of esters is 1. The van der Waals surface area contributed by atoms with E-state index in [1.54, 1.807) is 31.4 Å². The zero-order valence-electron chi connectivity index (χ0n) is 14.7. The van der Waals surface area contributed by atoms with Crippen molar-refractivity contribution in [2.75, 3.05) is 40.5 Å². The van der Waals surface area contributed by atoms with Crippen LogP contribution in [0.15, 0.2) is 24.3 Å². The van der Waals surface area contributed by atoms with Crippen molar-refractivity contribution in [3.05, 3.63) is 35.4 Å². The SMILES string of the molecule is COCC1(CNS(=O)(=O)Cc2ccccc2C(=O)OC)CCNCC1. The molecule has 1 fully saturated rings. The van der Waals surface area contributed by atoms with E-state index < -0.39 is 16.0 Å². The number of sulfonamides is 1. The molecule has 1 aromatic carbocycles. The van der Waals surface area contributed by atoms with Crippen molar-refractivity contribution in [1.29, 1.82) is 0 Å². The van der Waals surface area contributed by atoms with Gasteiger partial charge >= 0.3 is 5.97 Å². The quantitative estimate of drug-likeness (QED) is 0.661. The molecule has 0 aliphatic carbocycles. The molecule has 0 amide bonds. The van der Waals surface area contributed by atoms with Gasteiger partial charge in [-0.25, -0.2) is 17.9 Å². The fraction of sp³-hybridized carbons (Fsp3) is 0.588. The Morgan fingerprint density at radius 2 is 1.92 bits per heavy atom. The highest BCUT2D eigenvalue weighted by Crippen LogP contribution is 2.28. The monoisotopic (exact) mass is 370 g/mol. The van der Waals surface area contributed by atoms with Gasteiger partial charge in [0.2, 0.25) is 10.0 Å². The number of hydrogen-bond acceptors (Lipinski definition) is 6. The highest BCUT2D eigenvalue weighted by Gasteiger charge is 2.33. The summed E-state index contributed by atoms with van der Waals surface area (Å²) in [4.78, 5) is 11.8. The molecule has 8 heteroatoms. The Kier molecular flexibility index (Phi) is 6.95. The number of piperidine rings is 1. The summed E-state index contributed by atoms with van der Waals surface area (Å²) in [6.45, 7) is 2.52.